The van der Waals surface area contributed by atoms with Crippen LogP contribution in [0.5, 0.6) is 5.75 Å². The first-order valence-corrected chi connectivity index (χ1v) is 13.5. The molecule has 14 nitrogen and oxygen atoms in total. The van der Waals surface area contributed by atoms with Crippen molar-refractivity contribution in [2.45, 2.75) is 19.1 Å². The lowest BCUT2D eigenvalue weighted by molar-refractivity contribution is -0.138. The summed E-state index contributed by atoms with van der Waals surface area (Å²) in [6.07, 6.45) is 2.09. The molecule has 1 aliphatic rings. The second-order valence-electron chi connectivity index (χ2n) is 9.69. The van der Waals surface area contributed by atoms with Crippen molar-refractivity contribution in [3.63, 3.8) is 0 Å². The number of nitrogens with zero attached hydrogens (tertiary/aromatic N) is 3. The Morgan fingerprint density at radius 1 is 1.07 bits per heavy atom. The Bertz CT molecular complexity index is 1420. The number of nitrogens with one attached hydrogen (secondary N) is 3. The lowest BCUT2D eigenvalue weighted by Crippen LogP contribution is -2.46. The number of hydrogen-bond acceptors (Lipinski definition) is 10. The van der Waals surface area contributed by atoms with Gasteiger partial charge < -0.3 is 39.5 Å². The number of benzene rings is 2. The van der Waals surface area contributed by atoms with Crippen LogP contribution in [0.1, 0.15) is 12.0 Å². The van der Waals surface area contributed by atoms with Crippen LogP contribution >= 0.6 is 0 Å². The van der Waals surface area contributed by atoms with Gasteiger partial charge in [0.2, 0.25) is 5.91 Å². The van der Waals surface area contributed by atoms with Gasteiger partial charge in [-0.1, -0.05) is 12.1 Å². The molecule has 1 aromatic heterocycles. The maximum Gasteiger partial charge on any atom is 0.417 e. The predicted octanol–water partition coefficient (Wildman–Crippen LogP) is 2.93. The number of ether oxygens (including phenoxy) is 3. The number of imide groups is 1. The number of carbonyl (C=O) groups excluding carboxylic acids is 4. The fourth-order valence-electron chi connectivity index (χ4n) is 4.27. The SMILES string of the molecule is CNCC(=O)N(C)CC(=O)N(Cc1cccc(NC(=O)Nc2ccc(-c3cnco3)c(OC)c2)c1)C(=O)OC1CCOC1. The molecule has 1 unspecified atom stereocenters. The maximum atomic E-state index is 13.2. The Morgan fingerprint density at radius 2 is 1.86 bits per heavy atom. The fourth-order valence-corrected chi connectivity index (χ4v) is 4.27. The second kappa shape index (κ2) is 14.8. The summed E-state index contributed by atoms with van der Waals surface area (Å²) in [5.74, 6) is 0.0787. The average Bonchev–Trinajstić information content (AvgIpc) is 3.71. The number of oxazole rings is 1. The van der Waals surface area contributed by atoms with E-state index < -0.39 is 24.1 Å². The molecule has 14 heteroatoms. The monoisotopic (exact) mass is 594 g/mol. The van der Waals surface area contributed by atoms with Gasteiger partial charge in [-0.2, -0.15) is 0 Å². The van der Waals surface area contributed by atoms with Gasteiger partial charge in [0.15, 0.2) is 12.2 Å². The molecule has 3 aromatic rings. The van der Waals surface area contributed by atoms with Crippen LogP contribution in [0, 0.1) is 0 Å². The van der Waals surface area contributed by atoms with E-state index in [1.165, 1.54) is 25.5 Å². The van der Waals surface area contributed by atoms with Crippen molar-refractivity contribution >= 4 is 35.3 Å². The predicted molar refractivity (Wildman–Crippen MR) is 155 cm³/mol. The van der Waals surface area contributed by atoms with Crippen LogP contribution in [0.15, 0.2) is 59.5 Å². The molecule has 43 heavy (non-hydrogen) atoms. The normalized spacial score (nSPS) is 14.1. The molecule has 228 valence electrons. The highest BCUT2D eigenvalue weighted by molar-refractivity contribution is 6.00. The molecule has 3 N–H and O–H groups in total. The lowest BCUT2D eigenvalue weighted by Gasteiger charge is -2.25. The molecule has 5 amide bonds. The summed E-state index contributed by atoms with van der Waals surface area (Å²) in [5.41, 5.74) is 2.12. The third-order valence-corrected chi connectivity index (χ3v) is 6.49. The van der Waals surface area contributed by atoms with E-state index in [0.29, 0.717) is 47.0 Å². The molecule has 0 bridgehead atoms. The zero-order valence-electron chi connectivity index (χ0n) is 24.1. The van der Waals surface area contributed by atoms with Gasteiger partial charge in [-0.05, 0) is 36.9 Å². The van der Waals surface area contributed by atoms with E-state index in [0.717, 1.165) is 4.90 Å². The first kappa shape index (κ1) is 31.0. The van der Waals surface area contributed by atoms with Gasteiger partial charge in [0.05, 0.1) is 51.7 Å². The zero-order chi connectivity index (χ0) is 30.8. The van der Waals surface area contributed by atoms with Gasteiger partial charge in [0, 0.05) is 30.9 Å². The number of anilines is 2. The Kier molecular flexibility index (Phi) is 10.7. The number of amides is 5. The highest BCUT2D eigenvalue weighted by Gasteiger charge is 2.29. The minimum Gasteiger partial charge on any atom is -0.496 e. The van der Waals surface area contributed by atoms with Gasteiger partial charge >= 0.3 is 12.1 Å². The molecule has 2 aromatic carbocycles. The first-order chi connectivity index (χ1) is 20.8. The first-order valence-electron chi connectivity index (χ1n) is 13.5. The zero-order valence-corrected chi connectivity index (χ0v) is 24.1. The van der Waals surface area contributed by atoms with E-state index in [9.17, 15) is 19.2 Å². The fraction of sp³-hybridized carbons (Fsp3) is 0.345. The minimum absolute atomic E-state index is 0.0435. The minimum atomic E-state index is -0.839. The third-order valence-electron chi connectivity index (χ3n) is 6.49. The van der Waals surface area contributed by atoms with Crippen LogP contribution in [0.3, 0.4) is 0 Å². The number of methoxy groups -OCH3 is 1. The van der Waals surface area contributed by atoms with E-state index in [4.69, 9.17) is 18.6 Å². The lowest BCUT2D eigenvalue weighted by atomic mass is 10.1. The second-order valence-corrected chi connectivity index (χ2v) is 9.69. The molecule has 2 heterocycles. The van der Waals surface area contributed by atoms with E-state index >= 15 is 0 Å². The van der Waals surface area contributed by atoms with Gasteiger partial charge in [0.1, 0.15) is 11.9 Å². The molecule has 1 saturated heterocycles. The van der Waals surface area contributed by atoms with Crippen molar-refractivity contribution in [2.24, 2.45) is 0 Å². The van der Waals surface area contributed by atoms with Crippen LogP contribution < -0.4 is 20.7 Å². The summed E-state index contributed by atoms with van der Waals surface area (Å²) in [6, 6.07) is 11.2. The average molecular weight is 595 g/mol. The van der Waals surface area contributed by atoms with E-state index in [1.807, 2.05) is 0 Å². The summed E-state index contributed by atoms with van der Waals surface area (Å²) < 4.78 is 21.5. The summed E-state index contributed by atoms with van der Waals surface area (Å²) >= 11 is 0. The van der Waals surface area contributed by atoms with Crippen LogP contribution in [0.2, 0.25) is 0 Å². The highest BCUT2D eigenvalue weighted by atomic mass is 16.6. The van der Waals surface area contributed by atoms with Gasteiger partial charge in [-0.3, -0.25) is 9.59 Å². The Balaban J connectivity index is 1.43. The number of urea groups is 1. The number of aromatic nitrogens is 1. The van der Waals surface area contributed by atoms with Crippen LogP contribution in [-0.4, -0.2) is 92.3 Å². The summed E-state index contributed by atoms with van der Waals surface area (Å²) in [7, 11) is 4.61. The molecule has 0 spiro atoms. The summed E-state index contributed by atoms with van der Waals surface area (Å²) in [4.78, 5) is 57.3. The summed E-state index contributed by atoms with van der Waals surface area (Å²) in [6.45, 7) is 0.285. The Hall–Kier alpha value is -4.95. The molecular formula is C29H34N6O8. The smallest absolute Gasteiger partial charge is 0.417 e. The molecular weight excluding hydrogens is 560 g/mol. The van der Waals surface area contributed by atoms with Crippen LogP contribution in [0.25, 0.3) is 11.3 Å². The van der Waals surface area contributed by atoms with Crippen molar-refractivity contribution in [3.05, 3.63) is 60.6 Å². The number of rotatable bonds is 11. The van der Waals surface area contributed by atoms with Crippen molar-refractivity contribution < 1.29 is 37.8 Å². The topological polar surface area (TPSA) is 165 Å². The molecule has 4 rings (SSSR count). The standard InChI is InChI=1S/C29H34N6O8/c1-30-14-26(36)34(2)16-27(37)35(29(39)43-22-9-10-41-17-22)15-19-5-4-6-20(11-19)32-28(38)33-21-7-8-23(24(12-21)40-3)25-13-31-18-42-25/h4-8,11-13,18,22,30H,9-10,14-17H2,1-3H3,(H2,32,33,38). The molecule has 0 aliphatic carbocycles. The van der Waals surface area contributed by atoms with E-state index in [1.54, 1.807) is 55.7 Å². The maximum absolute atomic E-state index is 13.2. The van der Waals surface area contributed by atoms with E-state index in [2.05, 4.69) is 20.9 Å². The number of hydrogen-bond donors (Lipinski definition) is 3. The third kappa shape index (κ3) is 8.53. The Labute approximate surface area is 248 Å². The van der Waals surface area contributed by atoms with Crippen LogP contribution in [-0.2, 0) is 25.6 Å². The van der Waals surface area contributed by atoms with Crippen molar-refractivity contribution in [2.75, 3.05) is 58.1 Å². The molecule has 1 atom stereocenters. The van der Waals surface area contributed by atoms with Gasteiger partial charge in [-0.15, -0.1) is 0 Å². The Morgan fingerprint density at radius 3 is 2.53 bits per heavy atom. The molecule has 0 saturated carbocycles. The van der Waals surface area contributed by atoms with Crippen LogP contribution in [0.4, 0.5) is 21.0 Å². The van der Waals surface area contributed by atoms with Crippen molar-refractivity contribution in [3.8, 4) is 17.1 Å². The van der Waals surface area contributed by atoms with Gasteiger partial charge in [0.25, 0.3) is 5.91 Å². The highest BCUT2D eigenvalue weighted by Crippen LogP contribution is 2.32. The van der Waals surface area contributed by atoms with Crippen molar-refractivity contribution in [1.29, 1.82) is 0 Å². The quantitative estimate of drug-likeness (QED) is 0.301. The largest absolute Gasteiger partial charge is 0.496 e. The molecule has 1 aliphatic heterocycles. The van der Waals surface area contributed by atoms with Crippen molar-refractivity contribution in [1.82, 2.24) is 20.1 Å². The summed E-state index contributed by atoms with van der Waals surface area (Å²) in [5, 5.41) is 8.23. The van der Waals surface area contributed by atoms with Gasteiger partial charge in [-0.25, -0.2) is 19.5 Å². The number of carbonyl (C=O) groups is 4. The molecule has 1 fully saturated rings. The van der Waals surface area contributed by atoms with E-state index in [-0.39, 0.29) is 32.1 Å². The molecule has 0 radical (unpaired) electrons. The number of likely N-dealkylation sites (N-methyl/N-ethyl adjacent to an activating group) is 2.